The molecule has 132 valence electrons. The largest absolute Gasteiger partial charge is 0.351 e. The highest BCUT2D eigenvalue weighted by Crippen LogP contribution is 2.18. The maximum Gasteiger partial charge on any atom is 0.234 e. The third-order valence-electron chi connectivity index (χ3n) is 4.83. The zero-order valence-electron chi connectivity index (χ0n) is 14.6. The number of fused-ring (bicyclic) bond motifs is 1. The quantitative estimate of drug-likeness (QED) is 0.772. The number of carbonyl (C=O) groups is 1. The first-order chi connectivity index (χ1) is 12.8. The SMILES string of the molecule is O=C(CN1CCc2ccccc2C1)NCc1ccccc1-n1ccnc1. The molecule has 1 amide bonds. The van der Waals surface area contributed by atoms with Crippen LogP contribution in [0.3, 0.4) is 0 Å². The Morgan fingerprint density at radius 2 is 1.88 bits per heavy atom. The minimum absolute atomic E-state index is 0.0600. The molecule has 1 N–H and O–H groups in total. The van der Waals surface area contributed by atoms with Gasteiger partial charge in [0, 0.05) is 32.0 Å². The average molecular weight is 346 g/mol. The molecule has 0 aliphatic carbocycles. The summed E-state index contributed by atoms with van der Waals surface area (Å²) in [7, 11) is 0. The molecule has 2 heterocycles. The Morgan fingerprint density at radius 3 is 2.73 bits per heavy atom. The van der Waals surface area contributed by atoms with E-state index in [1.165, 1.54) is 11.1 Å². The molecule has 2 aromatic carbocycles. The van der Waals surface area contributed by atoms with Gasteiger partial charge in [0.15, 0.2) is 0 Å². The number of carbonyl (C=O) groups excluding carboxylic acids is 1. The summed E-state index contributed by atoms with van der Waals surface area (Å²) in [6, 6.07) is 16.5. The Kier molecular flexibility index (Phi) is 4.80. The third kappa shape index (κ3) is 3.68. The van der Waals surface area contributed by atoms with E-state index >= 15 is 0 Å². The Balaban J connectivity index is 1.36. The summed E-state index contributed by atoms with van der Waals surface area (Å²) in [5, 5.41) is 3.06. The lowest BCUT2D eigenvalue weighted by atomic mass is 10.00. The molecule has 0 fully saturated rings. The fourth-order valence-electron chi connectivity index (χ4n) is 3.46. The number of nitrogens with zero attached hydrogens (tertiary/aromatic N) is 3. The fourth-order valence-corrected chi connectivity index (χ4v) is 3.46. The summed E-state index contributed by atoms with van der Waals surface area (Å²) >= 11 is 0. The summed E-state index contributed by atoms with van der Waals surface area (Å²) < 4.78 is 1.96. The number of nitrogens with one attached hydrogen (secondary N) is 1. The molecule has 0 saturated carbocycles. The van der Waals surface area contributed by atoms with Gasteiger partial charge in [0.2, 0.25) is 5.91 Å². The Bertz CT molecular complexity index is 889. The summed E-state index contributed by atoms with van der Waals surface area (Å²) in [5.74, 6) is 0.0600. The number of hydrogen-bond donors (Lipinski definition) is 1. The second-order valence-corrected chi connectivity index (χ2v) is 6.60. The van der Waals surface area contributed by atoms with Gasteiger partial charge in [-0.2, -0.15) is 0 Å². The third-order valence-corrected chi connectivity index (χ3v) is 4.83. The minimum Gasteiger partial charge on any atom is -0.351 e. The van der Waals surface area contributed by atoms with Crippen LogP contribution in [-0.2, 0) is 24.3 Å². The summed E-state index contributed by atoms with van der Waals surface area (Å²) in [6.07, 6.45) is 6.44. The molecule has 3 aromatic rings. The Hall–Kier alpha value is -2.92. The highest BCUT2D eigenvalue weighted by Gasteiger charge is 2.18. The van der Waals surface area contributed by atoms with Crippen LogP contribution in [0.4, 0.5) is 0 Å². The fraction of sp³-hybridized carbons (Fsp3) is 0.238. The number of amides is 1. The van der Waals surface area contributed by atoms with Crippen LogP contribution in [0.15, 0.2) is 67.3 Å². The molecule has 0 bridgehead atoms. The normalized spacial score (nSPS) is 14.0. The molecule has 0 radical (unpaired) electrons. The Morgan fingerprint density at radius 1 is 1.08 bits per heavy atom. The van der Waals surface area contributed by atoms with Crippen LogP contribution in [0, 0.1) is 0 Å². The molecular formula is C21H22N4O. The van der Waals surface area contributed by atoms with E-state index in [1.54, 1.807) is 12.5 Å². The van der Waals surface area contributed by atoms with Crippen molar-refractivity contribution in [1.29, 1.82) is 0 Å². The van der Waals surface area contributed by atoms with Crippen LogP contribution in [0.5, 0.6) is 0 Å². The van der Waals surface area contributed by atoms with Crippen LogP contribution < -0.4 is 5.32 Å². The van der Waals surface area contributed by atoms with Crippen molar-refractivity contribution in [2.45, 2.75) is 19.5 Å². The maximum absolute atomic E-state index is 12.4. The zero-order valence-corrected chi connectivity index (χ0v) is 14.6. The van der Waals surface area contributed by atoms with Crippen molar-refractivity contribution >= 4 is 5.91 Å². The van der Waals surface area contributed by atoms with Gasteiger partial charge in [0.25, 0.3) is 0 Å². The molecule has 1 aliphatic heterocycles. The molecule has 1 aliphatic rings. The first-order valence-corrected chi connectivity index (χ1v) is 8.92. The molecule has 26 heavy (non-hydrogen) atoms. The van der Waals surface area contributed by atoms with Gasteiger partial charge in [0.05, 0.1) is 18.6 Å². The lowest BCUT2D eigenvalue weighted by Gasteiger charge is -2.28. The number of benzene rings is 2. The van der Waals surface area contributed by atoms with Crippen LogP contribution in [-0.4, -0.2) is 33.4 Å². The molecule has 0 saturated heterocycles. The van der Waals surface area contributed by atoms with Crippen molar-refractivity contribution in [2.75, 3.05) is 13.1 Å². The van der Waals surface area contributed by atoms with E-state index in [0.717, 1.165) is 30.8 Å². The van der Waals surface area contributed by atoms with Gasteiger partial charge in [-0.15, -0.1) is 0 Å². The van der Waals surface area contributed by atoms with Crippen LogP contribution >= 0.6 is 0 Å². The highest BCUT2D eigenvalue weighted by atomic mass is 16.2. The van der Waals surface area contributed by atoms with E-state index in [-0.39, 0.29) is 5.91 Å². The summed E-state index contributed by atoms with van der Waals surface area (Å²) in [5.41, 5.74) is 4.84. The lowest BCUT2D eigenvalue weighted by molar-refractivity contribution is -0.122. The second-order valence-electron chi connectivity index (χ2n) is 6.60. The van der Waals surface area contributed by atoms with E-state index in [0.29, 0.717) is 13.1 Å². The monoisotopic (exact) mass is 346 g/mol. The van der Waals surface area contributed by atoms with E-state index in [9.17, 15) is 4.79 Å². The van der Waals surface area contributed by atoms with Crippen molar-refractivity contribution in [1.82, 2.24) is 19.8 Å². The molecule has 0 unspecified atom stereocenters. The topological polar surface area (TPSA) is 50.2 Å². The zero-order chi connectivity index (χ0) is 17.8. The minimum atomic E-state index is 0.0600. The predicted octanol–water partition coefficient (Wildman–Crippen LogP) is 2.55. The van der Waals surface area contributed by atoms with Gasteiger partial charge in [-0.25, -0.2) is 4.98 Å². The van der Waals surface area contributed by atoms with Gasteiger partial charge in [0.1, 0.15) is 0 Å². The van der Waals surface area contributed by atoms with Crippen molar-refractivity contribution < 1.29 is 4.79 Å². The molecule has 5 nitrogen and oxygen atoms in total. The Labute approximate surface area is 153 Å². The van der Waals surface area contributed by atoms with Crippen molar-refractivity contribution in [2.24, 2.45) is 0 Å². The smallest absolute Gasteiger partial charge is 0.234 e. The summed E-state index contributed by atoms with van der Waals surface area (Å²) in [4.78, 5) is 18.7. The lowest BCUT2D eigenvalue weighted by Crippen LogP contribution is -2.39. The van der Waals surface area contributed by atoms with Crippen molar-refractivity contribution in [3.8, 4) is 5.69 Å². The van der Waals surface area contributed by atoms with E-state index in [4.69, 9.17) is 0 Å². The van der Waals surface area contributed by atoms with Crippen LogP contribution in [0.25, 0.3) is 5.69 Å². The van der Waals surface area contributed by atoms with Crippen LogP contribution in [0.1, 0.15) is 16.7 Å². The molecule has 0 spiro atoms. The van der Waals surface area contributed by atoms with Crippen molar-refractivity contribution in [3.63, 3.8) is 0 Å². The van der Waals surface area contributed by atoms with Gasteiger partial charge in [-0.3, -0.25) is 9.69 Å². The van der Waals surface area contributed by atoms with Gasteiger partial charge >= 0.3 is 0 Å². The first kappa shape index (κ1) is 16.5. The maximum atomic E-state index is 12.4. The number of para-hydroxylation sites is 1. The molecule has 1 aromatic heterocycles. The van der Waals surface area contributed by atoms with E-state index in [2.05, 4.69) is 39.5 Å². The van der Waals surface area contributed by atoms with Gasteiger partial charge in [-0.1, -0.05) is 42.5 Å². The molecule has 5 heteroatoms. The van der Waals surface area contributed by atoms with E-state index < -0.39 is 0 Å². The highest BCUT2D eigenvalue weighted by molar-refractivity contribution is 5.78. The van der Waals surface area contributed by atoms with Crippen molar-refractivity contribution in [3.05, 3.63) is 83.9 Å². The van der Waals surface area contributed by atoms with Gasteiger partial charge in [-0.05, 0) is 29.2 Å². The molecular weight excluding hydrogens is 324 g/mol. The van der Waals surface area contributed by atoms with E-state index in [1.807, 2.05) is 35.0 Å². The summed E-state index contributed by atoms with van der Waals surface area (Å²) in [6.45, 7) is 2.71. The molecule has 0 atom stereocenters. The van der Waals surface area contributed by atoms with Crippen LogP contribution in [0.2, 0.25) is 0 Å². The number of rotatable bonds is 5. The predicted molar refractivity (Wildman–Crippen MR) is 101 cm³/mol. The second kappa shape index (κ2) is 7.54. The number of hydrogen-bond acceptors (Lipinski definition) is 3. The standard InChI is InChI=1S/C21H22N4O/c26-21(15-24-11-9-17-5-1-2-7-19(17)14-24)23-13-18-6-3-4-8-20(18)25-12-10-22-16-25/h1-8,10,12,16H,9,11,13-15H2,(H,23,26). The first-order valence-electron chi connectivity index (χ1n) is 8.92. The van der Waals surface area contributed by atoms with Gasteiger partial charge < -0.3 is 9.88 Å². The number of imidazole rings is 1. The molecule has 4 rings (SSSR count). The average Bonchev–Trinajstić information content (AvgIpc) is 3.21. The number of aromatic nitrogens is 2.